The first-order chi connectivity index (χ1) is 10.0. The van der Waals surface area contributed by atoms with Gasteiger partial charge in [0.1, 0.15) is 5.56 Å². The van der Waals surface area contributed by atoms with E-state index in [2.05, 4.69) is 25.8 Å². The van der Waals surface area contributed by atoms with Crippen LogP contribution in [0.5, 0.6) is 0 Å². The number of thiazole rings is 1. The molecule has 0 unspecified atom stereocenters. The third kappa shape index (κ3) is 3.46. The lowest BCUT2D eigenvalue weighted by atomic mass is 10.2. The Kier molecular flexibility index (Phi) is 4.69. The fraction of sp³-hybridized carbons (Fsp3) is 0.385. The van der Waals surface area contributed by atoms with Crippen molar-refractivity contribution >= 4 is 29.0 Å². The highest BCUT2D eigenvalue weighted by Gasteiger charge is 2.18. The maximum absolute atomic E-state index is 12.0. The molecule has 0 saturated carbocycles. The van der Waals surface area contributed by atoms with Crippen molar-refractivity contribution in [3.05, 3.63) is 27.3 Å². The average molecular weight is 307 g/mol. The topological polar surface area (TPSA) is 99.8 Å². The Morgan fingerprint density at radius 2 is 2.14 bits per heavy atom. The molecule has 0 fully saturated rings. The van der Waals surface area contributed by atoms with E-state index in [9.17, 15) is 9.59 Å². The summed E-state index contributed by atoms with van der Waals surface area (Å²) < 4.78 is 0. The van der Waals surface area contributed by atoms with E-state index < -0.39 is 0 Å². The Hall–Kier alpha value is -2.22. The molecule has 112 valence electrons. The number of nitrogens with one attached hydrogen (secondary N) is 3. The van der Waals surface area contributed by atoms with Crippen molar-refractivity contribution in [2.45, 2.75) is 26.7 Å². The van der Waals surface area contributed by atoms with Gasteiger partial charge in [0.2, 0.25) is 5.91 Å². The van der Waals surface area contributed by atoms with Gasteiger partial charge in [0, 0.05) is 24.0 Å². The zero-order chi connectivity index (χ0) is 15.4. The van der Waals surface area contributed by atoms with Crippen LogP contribution in [0.2, 0.25) is 0 Å². The highest BCUT2D eigenvalue weighted by molar-refractivity contribution is 7.09. The van der Waals surface area contributed by atoms with Crippen molar-refractivity contribution in [1.82, 2.24) is 20.5 Å². The summed E-state index contributed by atoms with van der Waals surface area (Å²) in [7, 11) is 1.53. The van der Waals surface area contributed by atoms with Gasteiger partial charge in [-0.15, -0.1) is 11.3 Å². The summed E-state index contributed by atoms with van der Waals surface area (Å²) >= 11 is 1.54. The predicted octanol–water partition coefficient (Wildman–Crippen LogP) is 1.41. The van der Waals surface area contributed by atoms with E-state index in [0.29, 0.717) is 24.1 Å². The normalized spacial score (nSPS) is 10.4. The second-order valence-electron chi connectivity index (χ2n) is 4.56. The van der Waals surface area contributed by atoms with Gasteiger partial charge < -0.3 is 10.6 Å². The summed E-state index contributed by atoms with van der Waals surface area (Å²) in [6.07, 6.45) is 0.948. The molecule has 0 spiro atoms. The van der Waals surface area contributed by atoms with Crippen molar-refractivity contribution in [2.24, 2.45) is 0 Å². The molecule has 0 radical (unpaired) electrons. The molecule has 2 heterocycles. The Labute approximate surface area is 126 Å². The van der Waals surface area contributed by atoms with Crippen molar-refractivity contribution in [2.75, 3.05) is 12.4 Å². The fourth-order valence-electron chi connectivity index (χ4n) is 1.91. The molecule has 21 heavy (non-hydrogen) atoms. The number of nitrogens with zero attached hydrogens (tertiary/aromatic N) is 2. The molecule has 0 aliphatic rings. The molecule has 0 bridgehead atoms. The van der Waals surface area contributed by atoms with Crippen LogP contribution in [0.4, 0.5) is 5.82 Å². The Balaban J connectivity index is 2.00. The quantitative estimate of drug-likeness (QED) is 0.777. The third-order valence-corrected chi connectivity index (χ3v) is 4.08. The van der Waals surface area contributed by atoms with E-state index in [0.717, 1.165) is 10.6 Å². The molecule has 2 aromatic heterocycles. The number of rotatable bonds is 5. The molecule has 2 rings (SSSR count). The first kappa shape index (κ1) is 15.2. The Bertz CT molecular complexity index is 661. The van der Waals surface area contributed by atoms with Gasteiger partial charge in [-0.3, -0.25) is 14.7 Å². The summed E-state index contributed by atoms with van der Waals surface area (Å²) in [5, 5.41) is 11.9. The summed E-state index contributed by atoms with van der Waals surface area (Å²) in [5.41, 5.74) is 3.70. The van der Waals surface area contributed by atoms with Crippen LogP contribution in [0, 0.1) is 13.8 Å². The number of H-pyrrole nitrogens is 1. The molecule has 2 amide bonds. The van der Waals surface area contributed by atoms with Crippen molar-refractivity contribution in [3.8, 4) is 0 Å². The standard InChI is InChI=1S/C13H17N5O2S/c1-7-9(21-6-15-7)4-5-10(19)16-12-11(13(20)14-3)8(2)17-18-12/h6H,4-5H2,1-3H3,(H,14,20)(H2,16,17,18,19). The number of hydrogen-bond donors (Lipinski definition) is 3. The molecule has 2 aromatic rings. The maximum Gasteiger partial charge on any atom is 0.256 e. The van der Waals surface area contributed by atoms with Crippen LogP contribution in [-0.2, 0) is 11.2 Å². The van der Waals surface area contributed by atoms with Crippen molar-refractivity contribution in [3.63, 3.8) is 0 Å². The van der Waals surface area contributed by atoms with Gasteiger partial charge in [-0.1, -0.05) is 0 Å². The fourth-order valence-corrected chi connectivity index (χ4v) is 2.69. The Morgan fingerprint density at radius 3 is 2.76 bits per heavy atom. The summed E-state index contributed by atoms with van der Waals surface area (Å²) in [6.45, 7) is 3.65. The van der Waals surface area contributed by atoms with Gasteiger partial charge >= 0.3 is 0 Å². The molecule has 0 atom stereocenters. The lowest BCUT2D eigenvalue weighted by Gasteiger charge is -2.05. The van der Waals surface area contributed by atoms with Gasteiger partial charge in [0.05, 0.1) is 11.2 Å². The lowest BCUT2D eigenvalue weighted by Crippen LogP contribution is -2.21. The molecule has 0 saturated heterocycles. The largest absolute Gasteiger partial charge is 0.355 e. The van der Waals surface area contributed by atoms with Gasteiger partial charge in [-0.2, -0.15) is 5.10 Å². The predicted molar refractivity (Wildman–Crippen MR) is 80.5 cm³/mol. The first-order valence-electron chi connectivity index (χ1n) is 6.48. The summed E-state index contributed by atoms with van der Waals surface area (Å²) in [5.74, 6) is -0.202. The van der Waals surface area contributed by atoms with Crippen LogP contribution in [0.3, 0.4) is 0 Å². The molecule has 3 N–H and O–H groups in total. The summed E-state index contributed by atoms with van der Waals surface area (Å²) in [4.78, 5) is 29.0. The second kappa shape index (κ2) is 6.49. The van der Waals surface area contributed by atoms with E-state index in [1.54, 1.807) is 12.4 Å². The summed E-state index contributed by atoms with van der Waals surface area (Å²) in [6, 6.07) is 0. The SMILES string of the molecule is CNC(=O)c1c(NC(=O)CCc2scnc2C)n[nH]c1C. The van der Waals surface area contributed by atoms with Crippen LogP contribution < -0.4 is 10.6 Å². The van der Waals surface area contributed by atoms with Crippen LogP contribution in [0.15, 0.2) is 5.51 Å². The van der Waals surface area contributed by atoms with Crippen LogP contribution in [0.25, 0.3) is 0 Å². The van der Waals surface area contributed by atoms with E-state index >= 15 is 0 Å². The lowest BCUT2D eigenvalue weighted by molar-refractivity contribution is -0.116. The monoisotopic (exact) mass is 307 g/mol. The maximum atomic E-state index is 12.0. The number of anilines is 1. The molecular weight excluding hydrogens is 290 g/mol. The van der Waals surface area contributed by atoms with Crippen molar-refractivity contribution in [1.29, 1.82) is 0 Å². The number of carbonyl (C=O) groups excluding carboxylic acids is 2. The van der Waals surface area contributed by atoms with Gasteiger partial charge in [0.25, 0.3) is 5.91 Å². The molecule has 0 aromatic carbocycles. The second-order valence-corrected chi connectivity index (χ2v) is 5.50. The number of amides is 2. The van der Waals surface area contributed by atoms with Crippen LogP contribution in [-0.4, -0.2) is 34.0 Å². The number of aryl methyl sites for hydroxylation is 3. The van der Waals surface area contributed by atoms with E-state index in [1.807, 2.05) is 6.92 Å². The minimum absolute atomic E-state index is 0.181. The Morgan fingerprint density at radius 1 is 1.38 bits per heavy atom. The molecule has 7 nitrogen and oxygen atoms in total. The molecule has 0 aliphatic carbocycles. The van der Waals surface area contributed by atoms with Gasteiger partial charge in [0.15, 0.2) is 5.82 Å². The van der Waals surface area contributed by atoms with E-state index in [4.69, 9.17) is 0 Å². The first-order valence-corrected chi connectivity index (χ1v) is 7.36. The highest BCUT2D eigenvalue weighted by atomic mass is 32.1. The number of carbonyl (C=O) groups is 2. The molecule has 0 aliphatic heterocycles. The van der Waals surface area contributed by atoms with E-state index in [1.165, 1.54) is 18.4 Å². The van der Waals surface area contributed by atoms with Crippen LogP contribution >= 0.6 is 11.3 Å². The zero-order valence-electron chi connectivity index (χ0n) is 12.1. The van der Waals surface area contributed by atoms with Gasteiger partial charge in [-0.25, -0.2) is 4.98 Å². The smallest absolute Gasteiger partial charge is 0.256 e. The van der Waals surface area contributed by atoms with Crippen molar-refractivity contribution < 1.29 is 9.59 Å². The minimum atomic E-state index is -0.283. The van der Waals surface area contributed by atoms with Gasteiger partial charge in [-0.05, 0) is 20.3 Å². The number of aromatic amines is 1. The van der Waals surface area contributed by atoms with Crippen LogP contribution in [0.1, 0.15) is 33.0 Å². The minimum Gasteiger partial charge on any atom is -0.355 e. The third-order valence-electron chi connectivity index (χ3n) is 3.08. The average Bonchev–Trinajstić information content (AvgIpc) is 3.02. The zero-order valence-corrected chi connectivity index (χ0v) is 12.9. The molecular formula is C13H17N5O2S. The van der Waals surface area contributed by atoms with E-state index in [-0.39, 0.29) is 17.6 Å². The number of aromatic nitrogens is 3. The highest BCUT2D eigenvalue weighted by Crippen LogP contribution is 2.17. The molecule has 8 heteroatoms. The number of hydrogen-bond acceptors (Lipinski definition) is 5.